The third kappa shape index (κ3) is 3.69. The molecule has 0 spiro atoms. The number of aliphatic hydroxyl groups is 1. The van der Waals surface area contributed by atoms with E-state index in [4.69, 9.17) is 4.74 Å². The summed E-state index contributed by atoms with van der Waals surface area (Å²) in [6.07, 6.45) is 6.60. The number of ether oxygens (including phenoxy) is 1. The largest absolute Gasteiger partial charge is 0.368 e. The molecule has 2 rings (SSSR count). The summed E-state index contributed by atoms with van der Waals surface area (Å²) in [6, 6.07) is 10.4. The van der Waals surface area contributed by atoms with Crippen molar-refractivity contribution < 1.29 is 9.84 Å². The van der Waals surface area contributed by atoms with Crippen LogP contribution < -0.4 is 0 Å². The first-order valence-corrected chi connectivity index (χ1v) is 6.86. The summed E-state index contributed by atoms with van der Waals surface area (Å²) in [5.41, 5.74) is 2.61. The van der Waals surface area contributed by atoms with Crippen LogP contribution >= 0.6 is 0 Å². The molecule has 2 unspecified atom stereocenters. The molecular weight excluding hydrogens is 224 g/mol. The van der Waals surface area contributed by atoms with E-state index in [-0.39, 0.29) is 6.10 Å². The van der Waals surface area contributed by atoms with Crippen molar-refractivity contribution in [1.82, 2.24) is 0 Å². The molecule has 1 N–H and O–H groups in total. The molecule has 1 aromatic carbocycles. The van der Waals surface area contributed by atoms with Crippen molar-refractivity contribution in [2.24, 2.45) is 0 Å². The standard InChI is InChI=1S/C16H22O2/c1-2-3-9-14-12-16(17)18-15(14)11-10-13-7-5-4-6-8-13/h4-9,15-17H,2-3,10-12H2,1H3/b14-9-. The van der Waals surface area contributed by atoms with Crippen LogP contribution in [-0.4, -0.2) is 17.5 Å². The number of hydrogen-bond donors (Lipinski definition) is 1. The van der Waals surface area contributed by atoms with Gasteiger partial charge in [-0.3, -0.25) is 0 Å². The van der Waals surface area contributed by atoms with Gasteiger partial charge in [-0.25, -0.2) is 0 Å². The smallest absolute Gasteiger partial charge is 0.159 e. The van der Waals surface area contributed by atoms with E-state index in [1.165, 1.54) is 11.1 Å². The Morgan fingerprint density at radius 1 is 1.33 bits per heavy atom. The SMILES string of the molecule is CCC/C=C1/CC(O)OC1CCc1ccccc1. The highest BCUT2D eigenvalue weighted by Crippen LogP contribution is 2.28. The molecule has 2 heteroatoms. The van der Waals surface area contributed by atoms with Gasteiger partial charge in [0, 0.05) is 6.42 Å². The number of aryl methyl sites for hydroxylation is 1. The summed E-state index contributed by atoms with van der Waals surface area (Å²) >= 11 is 0. The normalized spacial score (nSPS) is 25.8. The predicted molar refractivity (Wildman–Crippen MR) is 73.3 cm³/mol. The molecule has 1 aliphatic heterocycles. The molecule has 0 aromatic heterocycles. The minimum Gasteiger partial charge on any atom is -0.368 e. The Morgan fingerprint density at radius 3 is 2.83 bits per heavy atom. The molecule has 1 aromatic rings. The zero-order valence-electron chi connectivity index (χ0n) is 11.0. The van der Waals surface area contributed by atoms with Gasteiger partial charge >= 0.3 is 0 Å². The van der Waals surface area contributed by atoms with Gasteiger partial charge < -0.3 is 9.84 Å². The Kier molecular flexibility index (Phi) is 4.97. The summed E-state index contributed by atoms with van der Waals surface area (Å²) in [7, 11) is 0. The highest BCUT2D eigenvalue weighted by molar-refractivity contribution is 5.17. The molecule has 0 saturated carbocycles. The van der Waals surface area contributed by atoms with Gasteiger partial charge in [-0.15, -0.1) is 0 Å². The monoisotopic (exact) mass is 246 g/mol. The van der Waals surface area contributed by atoms with Gasteiger partial charge in [-0.05, 0) is 30.4 Å². The number of unbranched alkanes of at least 4 members (excludes halogenated alkanes) is 1. The minimum absolute atomic E-state index is 0.103. The van der Waals surface area contributed by atoms with Crippen molar-refractivity contribution in [2.45, 2.75) is 51.4 Å². The van der Waals surface area contributed by atoms with Crippen molar-refractivity contribution in [3.63, 3.8) is 0 Å². The highest BCUT2D eigenvalue weighted by atomic mass is 16.6. The lowest BCUT2D eigenvalue weighted by atomic mass is 10.00. The number of benzene rings is 1. The van der Waals surface area contributed by atoms with Crippen LogP contribution in [-0.2, 0) is 11.2 Å². The second-order valence-electron chi connectivity index (χ2n) is 4.88. The van der Waals surface area contributed by atoms with E-state index in [1.54, 1.807) is 0 Å². The Morgan fingerprint density at radius 2 is 2.11 bits per heavy atom. The van der Waals surface area contributed by atoms with Crippen molar-refractivity contribution in [2.75, 3.05) is 0 Å². The molecule has 2 nitrogen and oxygen atoms in total. The van der Waals surface area contributed by atoms with Crippen LogP contribution in [0.5, 0.6) is 0 Å². The van der Waals surface area contributed by atoms with Gasteiger partial charge in [-0.2, -0.15) is 0 Å². The van der Waals surface area contributed by atoms with Gasteiger partial charge in [0.2, 0.25) is 0 Å². The van der Waals surface area contributed by atoms with Gasteiger partial charge in [0.25, 0.3) is 0 Å². The fourth-order valence-corrected chi connectivity index (χ4v) is 2.40. The molecule has 98 valence electrons. The van der Waals surface area contributed by atoms with Crippen molar-refractivity contribution in [3.8, 4) is 0 Å². The van der Waals surface area contributed by atoms with E-state index in [1.807, 2.05) is 6.07 Å². The lowest BCUT2D eigenvalue weighted by Crippen LogP contribution is -2.12. The third-order valence-corrected chi connectivity index (χ3v) is 3.38. The first-order valence-electron chi connectivity index (χ1n) is 6.86. The van der Waals surface area contributed by atoms with E-state index in [2.05, 4.69) is 37.3 Å². The Labute approximate surface area is 109 Å². The lowest BCUT2D eigenvalue weighted by Gasteiger charge is -2.12. The maximum Gasteiger partial charge on any atom is 0.159 e. The number of hydrogen-bond acceptors (Lipinski definition) is 2. The van der Waals surface area contributed by atoms with Crippen LogP contribution in [0, 0.1) is 0 Å². The van der Waals surface area contributed by atoms with Gasteiger partial charge in [0.15, 0.2) is 6.29 Å². The summed E-state index contributed by atoms with van der Waals surface area (Å²) < 4.78 is 5.58. The van der Waals surface area contributed by atoms with Crippen LogP contribution in [0.15, 0.2) is 42.0 Å². The van der Waals surface area contributed by atoms with Crippen LogP contribution in [0.3, 0.4) is 0 Å². The Balaban J connectivity index is 1.91. The molecule has 1 heterocycles. The first-order chi connectivity index (χ1) is 8.79. The van der Waals surface area contributed by atoms with E-state index in [0.29, 0.717) is 6.42 Å². The molecule has 0 amide bonds. The highest BCUT2D eigenvalue weighted by Gasteiger charge is 2.27. The van der Waals surface area contributed by atoms with E-state index < -0.39 is 6.29 Å². The van der Waals surface area contributed by atoms with Crippen molar-refractivity contribution in [3.05, 3.63) is 47.5 Å². The van der Waals surface area contributed by atoms with E-state index in [9.17, 15) is 5.11 Å². The van der Waals surface area contributed by atoms with Crippen LogP contribution in [0.4, 0.5) is 0 Å². The quantitative estimate of drug-likeness (QED) is 0.806. The molecule has 1 saturated heterocycles. The number of allylic oxidation sites excluding steroid dienone is 1. The molecule has 0 bridgehead atoms. The molecule has 18 heavy (non-hydrogen) atoms. The predicted octanol–water partition coefficient (Wildman–Crippen LogP) is 3.45. The number of rotatable bonds is 5. The van der Waals surface area contributed by atoms with Crippen molar-refractivity contribution in [1.29, 1.82) is 0 Å². The van der Waals surface area contributed by atoms with E-state index in [0.717, 1.165) is 25.7 Å². The zero-order chi connectivity index (χ0) is 12.8. The maximum atomic E-state index is 9.60. The molecule has 0 aliphatic carbocycles. The average Bonchev–Trinajstić information content (AvgIpc) is 2.75. The van der Waals surface area contributed by atoms with Crippen LogP contribution in [0.1, 0.15) is 38.2 Å². The molecular formula is C16H22O2. The summed E-state index contributed by atoms with van der Waals surface area (Å²) in [6.45, 7) is 2.17. The fourth-order valence-electron chi connectivity index (χ4n) is 2.40. The molecule has 1 aliphatic rings. The molecule has 2 atom stereocenters. The topological polar surface area (TPSA) is 29.5 Å². The Hall–Kier alpha value is -1.12. The second kappa shape index (κ2) is 6.72. The molecule has 0 radical (unpaired) electrons. The maximum absolute atomic E-state index is 9.60. The van der Waals surface area contributed by atoms with Gasteiger partial charge in [0.05, 0.1) is 6.10 Å². The van der Waals surface area contributed by atoms with Crippen LogP contribution in [0.25, 0.3) is 0 Å². The third-order valence-electron chi connectivity index (χ3n) is 3.38. The van der Waals surface area contributed by atoms with Gasteiger partial charge in [-0.1, -0.05) is 49.8 Å². The summed E-state index contributed by atoms with van der Waals surface area (Å²) in [5, 5.41) is 9.60. The average molecular weight is 246 g/mol. The molecule has 1 fully saturated rings. The summed E-state index contributed by atoms with van der Waals surface area (Å²) in [4.78, 5) is 0. The van der Waals surface area contributed by atoms with Crippen LogP contribution in [0.2, 0.25) is 0 Å². The summed E-state index contributed by atoms with van der Waals surface area (Å²) in [5.74, 6) is 0. The first kappa shape index (κ1) is 13.3. The second-order valence-corrected chi connectivity index (χ2v) is 4.88. The van der Waals surface area contributed by atoms with Gasteiger partial charge in [0.1, 0.15) is 0 Å². The number of aliphatic hydroxyl groups excluding tert-OH is 1. The zero-order valence-corrected chi connectivity index (χ0v) is 11.0. The minimum atomic E-state index is -0.603. The Bertz CT molecular complexity index is 383. The van der Waals surface area contributed by atoms with E-state index >= 15 is 0 Å². The fraction of sp³-hybridized carbons (Fsp3) is 0.500. The lowest BCUT2D eigenvalue weighted by molar-refractivity contribution is -0.0899. The van der Waals surface area contributed by atoms with Crippen molar-refractivity contribution >= 4 is 0 Å².